The highest BCUT2D eigenvalue weighted by molar-refractivity contribution is 8.01. The zero-order valence-electron chi connectivity index (χ0n) is 7.50. The molecule has 1 amide bonds. The van der Waals surface area contributed by atoms with Crippen LogP contribution in [0.15, 0.2) is 29.2 Å². The maximum Gasteiger partial charge on any atom is 0.237 e. The molecule has 0 saturated carbocycles. The van der Waals surface area contributed by atoms with Crippen molar-refractivity contribution in [2.45, 2.75) is 16.6 Å². The standard InChI is InChI=1S/C10H10ClNOS/c11-6-5-9-10(13)12-7-3-1-2-4-8(7)14-9/h1-4,9H,5-6H2,(H,12,13)/t9-/m0/s1. The first-order valence-corrected chi connectivity index (χ1v) is 5.85. The summed E-state index contributed by atoms with van der Waals surface area (Å²) >= 11 is 7.23. The molecule has 1 aliphatic rings. The van der Waals surface area contributed by atoms with Crippen LogP contribution in [0.2, 0.25) is 0 Å². The molecule has 1 aromatic rings. The third-order valence-corrected chi connectivity index (χ3v) is 3.64. The van der Waals surface area contributed by atoms with Gasteiger partial charge in [0.1, 0.15) is 0 Å². The van der Waals surface area contributed by atoms with Gasteiger partial charge in [-0.3, -0.25) is 4.79 Å². The molecular formula is C10H10ClNOS. The van der Waals surface area contributed by atoms with Crippen molar-refractivity contribution < 1.29 is 4.79 Å². The molecule has 2 nitrogen and oxygen atoms in total. The predicted octanol–water partition coefficient (Wildman–Crippen LogP) is 2.73. The fraction of sp³-hybridized carbons (Fsp3) is 0.300. The number of benzene rings is 1. The quantitative estimate of drug-likeness (QED) is 0.788. The summed E-state index contributed by atoms with van der Waals surface area (Å²) in [5.41, 5.74) is 0.910. The molecule has 0 fully saturated rings. The maximum absolute atomic E-state index is 11.6. The van der Waals surface area contributed by atoms with E-state index in [0.29, 0.717) is 12.3 Å². The van der Waals surface area contributed by atoms with Crippen LogP contribution in [-0.2, 0) is 4.79 Å². The molecule has 0 unspecified atom stereocenters. The smallest absolute Gasteiger partial charge is 0.237 e. The molecule has 0 bridgehead atoms. The third kappa shape index (κ3) is 1.88. The first-order chi connectivity index (χ1) is 6.81. The van der Waals surface area contributed by atoms with Gasteiger partial charge in [0.05, 0.1) is 10.9 Å². The van der Waals surface area contributed by atoms with Crippen molar-refractivity contribution in [3.63, 3.8) is 0 Å². The molecule has 0 aliphatic carbocycles. The van der Waals surface area contributed by atoms with E-state index in [0.717, 1.165) is 10.6 Å². The van der Waals surface area contributed by atoms with Gasteiger partial charge < -0.3 is 5.32 Å². The second-order valence-corrected chi connectivity index (χ2v) is 4.69. The molecule has 1 heterocycles. The van der Waals surface area contributed by atoms with Gasteiger partial charge in [-0.1, -0.05) is 12.1 Å². The largest absolute Gasteiger partial charge is 0.324 e. The van der Waals surface area contributed by atoms with Crippen LogP contribution in [0.3, 0.4) is 0 Å². The Morgan fingerprint density at radius 3 is 3.00 bits per heavy atom. The van der Waals surface area contributed by atoms with Gasteiger partial charge in [-0.05, 0) is 18.6 Å². The molecule has 2 rings (SSSR count). The Morgan fingerprint density at radius 2 is 2.21 bits per heavy atom. The molecule has 1 aliphatic heterocycles. The summed E-state index contributed by atoms with van der Waals surface area (Å²) in [7, 11) is 0. The van der Waals surface area contributed by atoms with E-state index in [1.165, 1.54) is 0 Å². The van der Waals surface area contributed by atoms with E-state index in [1.807, 2.05) is 24.3 Å². The summed E-state index contributed by atoms with van der Waals surface area (Å²) in [6, 6.07) is 7.82. The van der Waals surface area contributed by atoms with E-state index in [-0.39, 0.29) is 11.2 Å². The number of amides is 1. The second-order valence-electron chi connectivity index (χ2n) is 3.07. The average Bonchev–Trinajstić information content (AvgIpc) is 2.19. The summed E-state index contributed by atoms with van der Waals surface area (Å²) in [4.78, 5) is 12.7. The lowest BCUT2D eigenvalue weighted by Gasteiger charge is -2.23. The number of carbonyl (C=O) groups is 1. The SMILES string of the molecule is O=C1Nc2ccccc2S[C@H]1CCCl. The molecule has 0 aromatic heterocycles. The van der Waals surface area contributed by atoms with E-state index in [4.69, 9.17) is 11.6 Å². The van der Waals surface area contributed by atoms with Crippen molar-refractivity contribution in [2.75, 3.05) is 11.2 Å². The van der Waals surface area contributed by atoms with Gasteiger partial charge in [0.15, 0.2) is 0 Å². The normalized spacial score (nSPS) is 20.1. The Hall–Kier alpha value is -0.670. The summed E-state index contributed by atoms with van der Waals surface area (Å²) in [5.74, 6) is 0.585. The minimum Gasteiger partial charge on any atom is -0.324 e. The highest BCUT2D eigenvalue weighted by Crippen LogP contribution is 2.36. The summed E-state index contributed by atoms with van der Waals surface area (Å²) in [5, 5.41) is 2.84. The first kappa shape index (κ1) is 9.87. The lowest BCUT2D eigenvalue weighted by Crippen LogP contribution is -2.29. The highest BCUT2D eigenvalue weighted by Gasteiger charge is 2.25. The first-order valence-electron chi connectivity index (χ1n) is 4.44. The van der Waals surface area contributed by atoms with Crippen LogP contribution in [0.1, 0.15) is 6.42 Å². The van der Waals surface area contributed by atoms with Crippen molar-refractivity contribution in [1.82, 2.24) is 0 Å². The van der Waals surface area contributed by atoms with Crippen LogP contribution in [0, 0.1) is 0 Å². The van der Waals surface area contributed by atoms with Gasteiger partial charge in [-0.2, -0.15) is 0 Å². The highest BCUT2D eigenvalue weighted by atomic mass is 35.5. The lowest BCUT2D eigenvalue weighted by atomic mass is 10.2. The maximum atomic E-state index is 11.6. The molecule has 14 heavy (non-hydrogen) atoms. The minimum absolute atomic E-state index is 0.0394. The Kier molecular flexibility index (Phi) is 2.99. The minimum atomic E-state index is -0.0394. The van der Waals surface area contributed by atoms with Crippen LogP contribution in [0.4, 0.5) is 5.69 Å². The zero-order chi connectivity index (χ0) is 9.97. The van der Waals surface area contributed by atoms with E-state index in [9.17, 15) is 4.79 Å². The second kappa shape index (κ2) is 4.24. The molecule has 0 spiro atoms. The van der Waals surface area contributed by atoms with E-state index < -0.39 is 0 Å². The van der Waals surface area contributed by atoms with Gasteiger partial charge in [-0.25, -0.2) is 0 Å². The summed E-state index contributed by atoms with van der Waals surface area (Å²) < 4.78 is 0. The molecule has 0 radical (unpaired) electrons. The molecule has 74 valence electrons. The number of carbonyl (C=O) groups excluding carboxylic acids is 1. The van der Waals surface area contributed by atoms with Gasteiger partial charge in [0.25, 0.3) is 0 Å². The van der Waals surface area contributed by atoms with Gasteiger partial charge >= 0.3 is 0 Å². The van der Waals surface area contributed by atoms with Crippen molar-refractivity contribution in [3.05, 3.63) is 24.3 Å². The monoisotopic (exact) mass is 227 g/mol. The number of hydrogen-bond acceptors (Lipinski definition) is 2. The molecule has 1 N–H and O–H groups in total. The predicted molar refractivity (Wildman–Crippen MR) is 60.1 cm³/mol. The summed E-state index contributed by atoms with van der Waals surface area (Å²) in [6.07, 6.45) is 0.715. The third-order valence-electron chi connectivity index (χ3n) is 2.08. The average molecular weight is 228 g/mol. The van der Waals surface area contributed by atoms with Crippen LogP contribution in [0.5, 0.6) is 0 Å². The zero-order valence-corrected chi connectivity index (χ0v) is 9.07. The molecular weight excluding hydrogens is 218 g/mol. The molecule has 1 atom stereocenters. The van der Waals surface area contributed by atoms with Crippen LogP contribution in [0.25, 0.3) is 0 Å². The number of hydrogen-bond donors (Lipinski definition) is 1. The Balaban J connectivity index is 2.22. The van der Waals surface area contributed by atoms with Gasteiger partial charge in [0.2, 0.25) is 5.91 Å². The van der Waals surface area contributed by atoms with Crippen LogP contribution in [-0.4, -0.2) is 17.0 Å². The Morgan fingerprint density at radius 1 is 1.43 bits per heavy atom. The number of rotatable bonds is 2. The van der Waals surface area contributed by atoms with Crippen molar-refractivity contribution >= 4 is 35.0 Å². The van der Waals surface area contributed by atoms with E-state index >= 15 is 0 Å². The van der Waals surface area contributed by atoms with Crippen molar-refractivity contribution in [2.24, 2.45) is 0 Å². The van der Waals surface area contributed by atoms with Crippen LogP contribution >= 0.6 is 23.4 Å². The van der Waals surface area contributed by atoms with E-state index in [2.05, 4.69) is 5.32 Å². The number of fused-ring (bicyclic) bond motifs is 1. The number of para-hydroxylation sites is 1. The molecule has 4 heteroatoms. The van der Waals surface area contributed by atoms with E-state index in [1.54, 1.807) is 11.8 Å². The molecule has 1 aromatic carbocycles. The molecule has 0 saturated heterocycles. The fourth-order valence-corrected chi connectivity index (χ4v) is 2.84. The van der Waals surface area contributed by atoms with Crippen LogP contribution < -0.4 is 5.32 Å². The number of nitrogens with one attached hydrogen (secondary N) is 1. The van der Waals surface area contributed by atoms with Crippen molar-refractivity contribution in [1.29, 1.82) is 0 Å². The number of alkyl halides is 1. The summed E-state index contributed by atoms with van der Waals surface area (Å²) in [6.45, 7) is 0. The van der Waals surface area contributed by atoms with Crippen molar-refractivity contribution in [3.8, 4) is 0 Å². The Bertz CT molecular complexity index is 356. The number of thioether (sulfide) groups is 1. The number of halogens is 1. The van der Waals surface area contributed by atoms with Gasteiger partial charge in [-0.15, -0.1) is 23.4 Å². The lowest BCUT2D eigenvalue weighted by molar-refractivity contribution is -0.115. The topological polar surface area (TPSA) is 29.1 Å². The fourth-order valence-electron chi connectivity index (χ4n) is 1.38. The number of anilines is 1. The Labute approximate surface area is 92.0 Å². The van der Waals surface area contributed by atoms with Gasteiger partial charge in [0, 0.05) is 10.8 Å².